The van der Waals surface area contributed by atoms with Gasteiger partial charge in [0.25, 0.3) is 0 Å². The van der Waals surface area contributed by atoms with Crippen molar-refractivity contribution in [1.29, 1.82) is 0 Å². The van der Waals surface area contributed by atoms with Crippen LogP contribution in [0.1, 0.15) is 32.3 Å². The van der Waals surface area contributed by atoms with E-state index < -0.39 is 0 Å². The number of anilines is 2. The number of hydrogen-bond acceptors (Lipinski definition) is 8. The zero-order chi connectivity index (χ0) is 24.8. The number of nitrogens with one attached hydrogen (secondary N) is 1. The number of carbonyl (C=O) groups excluding carboxylic acids is 1. The minimum atomic E-state index is -0.0554. The van der Waals surface area contributed by atoms with E-state index in [1.54, 1.807) is 20.4 Å². The topological polar surface area (TPSA) is 92.7 Å². The number of nitrogens with zero attached hydrogens (tertiary/aromatic N) is 5. The second kappa shape index (κ2) is 11.2. The van der Waals surface area contributed by atoms with E-state index in [0.717, 1.165) is 48.9 Å². The monoisotopic (exact) mass is 478 g/mol. The Morgan fingerprint density at radius 3 is 2.63 bits per heavy atom. The van der Waals surface area contributed by atoms with Gasteiger partial charge >= 0.3 is 0 Å². The molecule has 0 aliphatic carbocycles. The van der Waals surface area contributed by atoms with Gasteiger partial charge in [-0.15, -0.1) is 0 Å². The third-order valence-electron chi connectivity index (χ3n) is 6.50. The molecule has 1 aliphatic rings. The summed E-state index contributed by atoms with van der Waals surface area (Å²) in [5.74, 6) is 2.68. The second-order valence-corrected chi connectivity index (χ2v) is 8.61. The summed E-state index contributed by atoms with van der Waals surface area (Å²) in [4.78, 5) is 31.1. The Morgan fingerprint density at radius 2 is 1.94 bits per heavy atom. The van der Waals surface area contributed by atoms with Gasteiger partial charge in [-0.3, -0.25) is 9.78 Å². The molecule has 1 atom stereocenters. The van der Waals surface area contributed by atoms with E-state index in [0.29, 0.717) is 36.4 Å². The molecule has 35 heavy (non-hydrogen) atoms. The Balaban J connectivity index is 1.69. The lowest BCUT2D eigenvalue weighted by atomic mass is 9.96. The van der Waals surface area contributed by atoms with Gasteiger partial charge in [-0.05, 0) is 44.4 Å². The van der Waals surface area contributed by atoms with Crippen molar-refractivity contribution >= 4 is 28.6 Å². The fraction of sp³-hybridized carbons (Fsp3) is 0.462. The summed E-state index contributed by atoms with van der Waals surface area (Å²) in [5, 5.41) is 4.29. The first kappa shape index (κ1) is 24.5. The SMILES string of the molecule is CCN(CC)C(=O)C1CCCN(c2nc(NCc3cccnc3)c3cc(OC)c(OC)cc3n2)C1. The van der Waals surface area contributed by atoms with Crippen molar-refractivity contribution in [1.82, 2.24) is 19.9 Å². The predicted molar refractivity (Wildman–Crippen MR) is 137 cm³/mol. The van der Waals surface area contributed by atoms with E-state index in [1.165, 1.54) is 0 Å². The zero-order valence-electron chi connectivity index (χ0n) is 21.0. The Hall–Kier alpha value is -3.62. The molecule has 1 N–H and O–H groups in total. The highest BCUT2D eigenvalue weighted by molar-refractivity contribution is 5.93. The highest BCUT2D eigenvalue weighted by Gasteiger charge is 2.30. The lowest BCUT2D eigenvalue weighted by Crippen LogP contribution is -2.45. The quantitative estimate of drug-likeness (QED) is 0.497. The van der Waals surface area contributed by atoms with Gasteiger partial charge in [0.15, 0.2) is 11.5 Å². The number of methoxy groups -OCH3 is 2. The lowest BCUT2D eigenvalue weighted by Gasteiger charge is -2.34. The molecule has 1 aliphatic heterocycles. The number of fused-ring (bicyclic) bond motifs is 1. The number of carbonyl (C=O) groups is 1. The fourth-order valence-corrected chi connectivity index (χ4v) is 4.56. The summed E-state index contributed by atoms with van der Waals surface area (Å²) in [5.41, 5.74) is 1.79. The molecule has 0 saturated carbocycles. The minimum Gasteiger partial charge on any atom is -0.493 e. The van der Waals surface area contributed by atoms with E-state index in [1.807, 2.05) is 49.2 Å². The number of piperidine rings is 1. The molecule has 9 nitrogen and oxygen atoms in total. The summed E-state index contributed by atoms with van der Waals surface area (Å²) in [6.07, 6.45) is 5.39. The van der Waals surface area contributed by atoms with Crippen LogP contribution in [0.3, 0.4) is 0 Å². The van der Waals surface area contributed by atoms with Crippen molar-refractivity contribution in [2.24, 2.45) is 5.92 Å². The summed E-state index contributed by atoms with van der Waals surface area (Å²) in [6.45, 7) is 7.48. The van der Waals surface area contributed by atoms with Crippen LogP contribution < -0.4 is 19.7 Å². The molecule has 0 radical (unpaired) electrons. The molecule has 1 amide bonds. The number of pyridine rings is 1. The van der Waals surface area contributed by atoms with Gasteiger partial charge in [0.2, 0.25) is 11.9 Å². The Kier molecular flexibility index (Phi) is 7.84. The number of aromatic nitrogens is 3. The Bertz CT molecular complexity index is 1150. The molecule has 0 spiro atoms. The van der Waals surface area contributed by atoms with Crippen molar-refractivity contribution < 1.29 is 14.3 Å². The van der Waals surface area contributed by atoms with Crippen LogP contribution in [-0.2, 0) is 11.3 Å². The molecule has 3 heterocycles. The molecule has 2 aromatic heterocycles. The van der Waals surface area contributed by atoms with Crippen molar-refractivity contribution in [3.05, 3.63) is 42.2 Å². The molecule has 1 fully saturated rings. The van der Waals surface area contributed by atoms with Gasteiger partial charge in [-0.1, -0.05) is 6.07 Å². The molecular formula is C26H34N6O3. The smallest absolute Gasteiger partial charge is 0.227 e. The van der Waals surface area contributed by atoms with Crippen LogP contribution in [0, 0.1) is 5.92 Å². The number of amides is 1. The first-order chi connectivity index (χ1) is 17.1. The van der Waals surface area contributed by atoms with Crippen LogP contribution in [0.4, 0.5) is 11.8 Å². The molecule has 0 bridgehead atoms. The Morgan fingerprint density at radius 1 is 1.17 bits per heavy atom. The highest BCUT2D eigenvalue weighted by atomic mass is 16.5. The Labute approximate surface area is 206 Å². The normalized spacial score (nSPS) is 15.7. The molecule has 3 aromatic rings. The van der Waals surface area contributed by atoms with Gasteiger partial charge in [0.05, 0.1) is 25.7 Å². The number of rotatable bonds is 9. The lowest BCUT2D eigenvalue weighted by molar-refractivity contribution is -0.135. The first-order valence-electron chi connectivity index (χ1n) is 12.2. The van der Waals surface area contributed by atoms with Gasteiger partial charge < -0.3 is 24.6 Å². The number of ether oxygens (including phenoxy) is 2. The van der Waals surface area contributed by atoms with Crippen LogP contribution in [0.25, 0.3) is 10.9 Å². The number of hydrogen-bond donors (Lipinski definition) is 1. The first-order valence-corrected chi connectivity index (χ1v) is 12.2. The third kappa shape index (κ3) is 5.39. The molecule has 1 aromatic carbocycles. The minimum absolute atomic E-state index is 0.0554. The molecule has 1 saturated heterocycles. The molecule has 4 rings (SSSR count). The van der Waals surface area contributed by atoms with Gasteiger partial charge in [-0.25, -0.2) is 4.98 Å². The van der Waals surface area contributed by atoms with Crippen molar-refractivity contribution in [3.8, 4) is 11.5 Å². The van der Waals surface area contributed by atoms with Crippen molar-refractivity contribution in [3.63, 3.8) is 0 Å². The van der Waals surface area contributed by atoms with Gasteiger partial charge in [-0.2, -0.15) is 4.98 Å². The van der Waals surface area contributed by atoms with Crippen molar-refractivity contribution in [2.75, 3.05) is 50.6 Å². The largest absolute Gasteiger partial charge is 0.493 e. The van der Waals surface area contributed by atoms with Gasteiger partial charge in [0.1, 0.15) is 5.82 Å². The van der Waals surface area contributed by atoms with Crippen LogP contribution in [0.5, 0.6) is 11.5 Å². The summed E-state index contributed by atoms with van der Waals surface area (Å²) < 4.78 is 11.0. The summed E-state index contributed by atoms with van der Waals surface area (Å²) >= 11 is 0. The van der Waals surface area contributed by atoms with Crippen LogP contribution in [-0.4, -0.2) is 66.2 Å². The average molecular weight is 479 g/mol. The van der Waals surface area contributed by atoms with Crippen LogP contribution in [0.2, 0.25) is 0 Å². The average Bonchev–Trinajstić information content (AvgIpc) is 2.92. The van der Waals surface area contributed by atoms with Crippen LogP contribution >= 0.6 is 0 Å². The molecule has 9 heteroatoms. The third-order valence-corrected chi connectivity index (χ3v) is 6.50. The molecule has 1 unspecified atom stereocenters. The second-order valence-electron chi connectivity index (χ2n) is 8.61. The van der Waals surface area contributed by atoms with E-state index in [4.69, 9.17) is 19.4 Å². The van der Waals surface area contributed by atoms with Gasteiger partial charge in [0, 0.05) is 56.6 Å². The van der Waals surface area contributed by atoms with E-state index in [9.17, 15) is 4.79 Å². The van der Waals surface area contributed by atoms with E-state index in [-0.39, 0.29) is 11.8 Å². The summed E-state index contributed by atoms with van der Waals surface area (Å²) in [7, 11) is 3.23. The maximum atomic E-state index is 13.0. The maximum absolute atomic E-state index is 13.0. The fourth-order valence-electron chi connectivity index (χ4n) is 4.56. The van der Waals surface area contributed by atoms with Crippen molar-refractivity contribution in [2.45, 2.75) is 33.2 Å². The molecular weight excluding hydrogens is 444 g/mol. The zero-order valence-corrected chi connectivity index (χ0v) is 21.0. The van der Waals surface area contributed by atoms with E-state index in [2.05, 4.69) is 15.2 Å². The van der Waals surface area contributed by atoms with Crippen LogP contribution in [0.15, 0.2) is 36.7 Å². The van der Waals surface area contributed by atoms with E-state index >= 15 is 0 Å². The number of benzene rings is 1. The molecule has 186 valence electrons. The predicted octanol–water partition coefficient (Wildman–Crippen LogP) is 3.74. The standard InChI is InChI=1S/C26H34N6O3/c1-5-31(6-2)25(33)19-10-8-12-32(17-19)26-29-21-14-23(35-4)22(34-3)13-20(21)24(30-26)28-16-18-9-7-11-27-15-18/h7,9,11,13-15,19H,5-6,8,10,12,16-17H2,1-4H3,(H,28,29,30). The maximum Gasteiger partial charge on any atom is 0.227 e. The highest BCUT2D eigenvalue weighted by Crippen LogP contribution is 2.35. The summed E-state index contributed by atoms with van der Waals surface area (Å²) in [6, 6.07) is 7.70.